The van der Waals surface area contributed by atoms with Gasteiger partial charge in [-0.05, 0) is 23.6 Å². The molecule has 0 amide bonds. The first-order chi connectivity index (χ1) is 7.33. The number of aliphatic hydroxyl groups excluding tert-OH is 1. The van der Waals surface area contributed by atoms with Gasteiger partial charge >= 0.3 is 0 Å². The molecular weight excluding hydrogens is 184 g/mol. The summed E-state index contributed by atoms with van der Waals surface area (Å²) in [5.41, 5.74) is 3.05. The van der Waals surface area contributed by atoms with E-state index < -0.39 is 0 Å². The summed E-state index contributed by atoms with van der Waals surface area (Å²) in [6, 6.07) is 7.82. The van der Waals surface area contributed by atoms with Gasteiger partial charge in [0.2, 0.25) is 0 Å². The summed E-state index contributed by atoms with van der Waals surface area (Å²) in [6.45, 7) is 5.72. The minimum atomic E-state index is 0.0577. The van der Waals surface area contributed by atoms with E-state index in [1.807, 2.05) is 49.4 Å². The summed E-state index contributed by atoms with van der Waals surface area (Å²) in [5.74, 6) is 0. The Kier molecular flexibility index (Phi) is 4.58. The molecule has 0 aliphatic rings. The Balaban J connectivity index is 3.21. The SMILES string of the molecule is C=C/C=C(\C=C/C)c1ccccc1CO. The van der Waals surface area contributed by atoms with Crippen molar-refractivity contribution in [2.75, 3.05) is 0 Å². The molecule has 0 spiro atoms. The number of benzene rings is 1. The predicted molar refractivity (Wildman–Crippen MR) is 65.4 cm³/mol. The molecule has 1 rings (SSSR count). The first-order valence-electron chi connectivity index (χ1n) is 4.98. The first kappa shape index (κ1) is 11.5. The molecule has 1 nitrogen and oxygen atoms in total. The van der Waals surface area contributed by atoms with Crippen molar-refractivity contribution in [1.29, 1.82) is 0 Å². The Morgan fingerprint density at radius 3 is 2.73 bits per heavy atom. The predicted octanol–water partition coefficient (Wildman–Crippen LogP) is 3.32. The summed E-state index contributed by atoms with van der Waals surface area (Å²) in [7, 11) is 0. The van der Waals surface area contributed by atoms with Gasteiger partial charge in [-0.2, -0.15) is 0 Å². The lowest BCUT2D eigenvalue weighted by Gasteiger charge is -2.07. The van der Waals surface area contributed by atoms with Crippen molar-refractivity contribution in [3.63, 3.8) is 0 Å². The van der Waals surface area contributed by atoms with Crippen molar-refractivity contribution in [3.8, 4) is 0 Å². The molecule has 0 aliphatic carbocycles. The second-order valence-electron chi connectivity index (χ2n) is 3.17. The van der Waals surface area contributed by atoms with Crippen molar-refractivity contribution in [3.05, 3.63) is 66.3 Å². The molecule has 0 aromatic heterocycles. The van der Waals surface area contributed by atoms with Crippen molar-refractivity contribution >= 4 is 5.57 Å². The summed E-state index contributed by atoms with van der Waals surface area (Å²) < 4.78 is 0. The maximum atomic E-state index is 9.23. The Bertz CT molecular complexity index is 386. The van der Waals surface area contributed by atoms with E-state index in [1.54, 1.807) is 6.08 Å². The Labute approximate surface area is 91.1 Å². The maximum absolute atomic E-state index is 9.23. The van der Waals surface area contributed by atoms with E-state index in [0.29, 0.717) is 0 Å². The van der Waals surface area contributed by atoms with Gasteiger partial charge in [-0.15, -0.1) is 0 Å². The van der Waals surface area contributed by atoms with Crippen molar-refractivity contribution in [2.24, 2.45) is 0 Å². The lowest BCUT2D eigenvalue weighted by molar-refractivity contribution is 0.281. The zero-order chi connectivity index (χ0) is 11.1. The van der Waals surface area contributed by atoms with Crippen LogP contribution in [0.1, 0.15) is 18.1 Å². The monoisotopic (exact) mass is 200 g/mol. The van der Waals surface area contributed by atoms with Crippen LogP contribution >= 0.6 is 0 Å². The zero-order valence-corrected chi connectivity index (χ0v) is 8.98. The van der Waals surface area contributed by atoms with Gasteiger partial charge in [0.15, 0.2) is 0 Å². The molecule has 0 saturated heterocycles. The second-order valence-corrected chi connectivity index (χ2v) is 3.17. The number of hydrogen-bond donors (Lipinski definition) is 1. The van der Waals surface area contributed by atoms with Gasteiger partial charge in [0, 0.05) is 0 Å². The third-order valence-corrected chi connectivity index (χ3v) is 2.14. The van der Waals surface area contributed by atoms with Crippen molar-refractivity contribution < 1.29 is 5.11 Å². The molecule has 78 valence electrons. The van der Waals surface area contributed by atoms with Gasteiger partial charge in [-0.3, -0.25) is 0 Å². The molecule has 0 radical (unpaired) electrons. The molecule has 15 heavy (non-hydrogen) atoms. The molecule has 1 N–H and O–H groups in total. The molecule has 0 unspecified atom stereocenters. The van der Waals surface area contributed by atoms with E-state index in [1.165, 1.54) is 0 Å². The maximum Gasteiger partial charge on any atom is 0.0687 e. The van der Waals surface area contributed by atoms with Crippen molar-refractivity contribution in [1.82, 2.24) is 0 Å². The van der Waals surface area contributed by atoms with Crippen LogP contribution in [0.3, 0.4) is 0 Å². The van der Waals surface area contributed by atoms with Crippen LogP contribution < -0.4 is 0 Å². The lowest BCUT2D eigenvalue weighted by Crippen LogP contribution is -1.91. The van der Waals surface area contributed by atoms with Crippen LogP contribution in [0.5, 0.6) is 0 Å². The van der Waals surface area contributed by atoms with Gasteiger partial charge in [0.1, 0.15) is 0 Å². The van der Waals surface area contributed by atoms with E-state index in [2.05, 4.69) is 6.58 Å². The van der Waals surface area contributed by atoms with Crippen LogP contribution in [0.15, 0.2) is 55.1 Å². The van der Waals surface area contributed by atoms with E-state index in [4.69, 9.17) is 0 Å². The topological polar surface area (TPSA) is 20.2 Å². The van der Waals surface area contributed by atoms with Crippen LogP contribution in [0.25, 0.3) is 5.57 Å². The third-order valence-electron chi connectivity index (χ3n) is 2.14. The summed E-state index contributed by atoms with van der Waals surface area (Å²) in [6.07, 6.45) is 7.68. The smallest absolute Gasteiger partial charge is 0.0687 e. The van der Waals surface area contributed by atoms with E-state index in [9.17, 15) is 5.11 Å². The highest BCUT2D eigenvalue weighted by Gasteiger charge is 2.02. The second kappa shape index (κ2) is 5.99. The molecule has 1 aromatic carbocycles. The first-order valence-corrected chi connectivity index (χ1v) is 4.98. The minimum absolute atomic E-state index is 0.0577. The fraction of sp³-hybridized carbons (Fsp3) is 0.143. The molecule has 0 heterocycles. The molecule has 0 fully saturated rings. The highest BCUT2D eigenvalue weighted by atomic mass is 16.3. The van der Waals surface area contributed by atoms with Gasteiger partial charge in [-0.1, -0.05) is 55.1 Å². The number of rotatable bonds is 4. The number of allylic oxidation sites excluding steroid dienone is 5. The number of hydrogen-bond acceptors (Lipinski definition) is 1. The average molecular weight is 200 g/mol. The summed E-state index contributed by atoms with van der Waals surface area (Å²) in [5, 5.41) is 9.23. The number of aliphatic hydroxyl groups is 1. The molecule has 1 aromatic rings. The van der Waals surface area contributed by atoms with E-state index in [-0.39, 0.29) is 6.61 Å². The lowest BCUT2D eigenvalue weighted by atomic mass is 9.99. The summed E-state index contributed by atoms with van der Waals surface area (Å²) >= 11 is 0. The van der Waals surface area contributed by atoms with Gasteiger partial charge in [0.05, 0.1) is 6.61 Å². The Hall–Kier alpha value is -1.60. The molecule has 0 atom stereocenters. The molecule has 0 aliphatic heterocycles. The quantitative estimate of drug-likeness (QED) is 0.739. The molecular formula is C14H16O. The van der Waals surface area contributed by atoms with Crippen LogP contribution in [-0.4, -0.2) is 5.11 Å². The fourth-order valence-electron chi connectivity index (χ4n) is 1.48. The fourth-order valence-corrected chi connectivity index (χ4v) is 1.48. The van der Waals surface area contributed by atoms with E-state index in [0.717, 1.165) is 16.7 Å². The Morgan fingerprint density at radius 2 is 2.13 bits per heavy atom. The zero-order valence-electron chi connectivity index (χ0n) is 8.98. The summed E-state index contributed by atoms with van der Waals surface area (Å²) in [4.78, 5) is 0. The minimum Gasteiger partial charge on any atom is -0.392 e. The molecule has 1 heteroatoms. The van der Waals surface area contributed by atoms with Crippen molar-refractivity contribution in [2.45, 2.75) is 13.5 Å². The third kappa shape index (κ3) is 2.93. The standard InChI is InChI=1S/C14H16O/c1-3-7-12(8-4-2)14-10-6-5-9-13(14)11-15/h3-10,15H,1,11H2,2H3/b8-4-,12-7+. The Morgan fingerprint density at radius 1 is 1.40 bits per heavy atom. The van der Waals surface area contributed by atoms with Crippen LogP contribution in [-0.2, 0) is 6.61 Å². The van der Waals surface area contributed by atoms with Crippen LogP contribution in [0.2, 0.25) is 0 Å². The largest absolute Gasteiger partial charge is 0.392 e. The van der Waals surface area contributed by atoms with Gasteiger partial charge < -0.3 is 5.11 Å². The average Bonchev–Trinajstić information content (AvgIpc) is 2.29. The van der Waals surface area contributed by atoms with Gasteiger partial charge in [-0.25, -0.2) is 0 Å². The highest BCUT2D eigenvalue weighted by molar-refractivity contribution is 5.76. The van der Waals surface area contributed by atoms with Gasteiger partial charge in [0.25, 0.3) is 0 Å². The normalized spacial score (nSPS) is 12.0. The highest BCUT2D eigenvalue weighted by Crippen LogP contribution is 2.20. The van der Waals surface area contributed by atoms with E-state index >= 15 is 0 Å². The molecule has 0 bridgehead atoms. The van der Waals surface area contributed by atoms with Crippen LogP contribution in [0, 0.1) is 0 Å². The molecule has 0 saturated carbocycles. The van der Waals surface area contributed by atoms with Crippen LogP contribution in [0.4, 0.5) is 0 Å².